The molecule has 0 heterocycles. The molecule has 0 bridgehead atoms. The quantitative estimate of drug-likeness (QED) is 0.133. The van der Waals surface area contributed by atoms with Gasteiger partial charge in [-0.3, -0.25) is 0 Å². The van der Waals surface area contributed by atoms with E-state index in [0.29, 0.717) is 0 Å². The number of hydrogen-bond acceptors (Lipinski definition) is 0. The molecule has 0 radical (unpaired) electrons. The lowest BCUT2D eigenvalue weighted by atomic mass is 9.82. The molecule has 600 valence electrons. The molecule has 0 atom stereocenters. The maximum atomic E-state index is 2.30. The first-order chi connectivity index (χ1) is 56.5. The molecule has 0 aromatic heterocycles. The molecule has 0 unspecified atom stereocenters. The first-order valence-electron chi connectivity index (χ1n) is 42.8. The second-order valence-corrected chi connectivity index (χ2v) is 25.8. The maximum absolute atomic E-state index is 2.30. The highest BCUT2D eigenvalue weighted by atomic mass is 14.4. The van der Waals surface area contributed by atoms with Crippen LogP contribution in [0.25, 0.3) is 76.5 Å². The van der Waals surface area contributed by atoms with Crippen LogP contribution in [0.2, 0.25) is 0 Å². The Morgan fingerprint density at radius 1 is 0.113 bits per heavy atom. The van der Waals surface area contributed by atoms with E-state index >= 15 is 0 Å². The minimum atomic E-state index is 0.160. The number of benzene rings is 16. The zero-order chi connectivity index (χ0) is 85.1. The monoisotopic (exact) mass is 1520 g/mol. The summed E-state index contributed by atoms with van der Waals surface area (Å²) < 4.78 is 0. The SMILES string of the molecule is CC.CC.CC.CC.CC.CC.CC.CC.CC.CC1(C)c2ccccc2-c2ccccc21.CC1(C)c2ccccc2-c2ccccc21.CC1(C)c2ccccc2-c2ccccc21.c1ccc2c(c1)ccc1ccccc12.c1ccc2ccccc2c1.c1ccc2ccccc2c1.c1ccccc1.c1ccccc1.c1ccccc1. The molecule has 0 aliphatic heterocycles. The second-order valence-electron chi connectivity index (χ2n) is 25.8. The molecule has 3 aliphatic carbocycles. The van der Waals surface area contributed by atoms with E-state index in [4.69, 9.17) is 0 Å². The third-order valence-corrected chi connectivity index (χ3v) is 18.4. The standard InChI is InChI=1S/3C15H14.C14H10.2C10H8.3C6H6.9C2H6/c3*1-15(2)13-9-5-3-7-11(13)12-8-4-6-10-14(12)15;1-3-7-13-11(5-1)9-10-12-6-2-4-8-14(12)13;2*1-2-6-10-8-4-3-7-9(10)5-1;3*1-2-4-6-5-3-1;9*1-2/h3*3-10H,1-2H3;1-10H;2*1-8H;3*1-6H;9*1-2H3. The summed E-state index contributed by atoms with van der Waals surface area (Å²) in [5.74, 6) is 0. The fraction of sp³-hybridized carbons (Fsp3) is 0.235. The van der Waals surface area contributed by atoms with Crippen LogP contribution in [0.5, 0.6) is 0 Å². The molecule has 0 heteroatoms. The van der Waals surface area contributed by atoms with Crippen molar-refractivity contribution in [2.24, 2.45) is 0 Å². The van der Waals surface area contributed by atoms with E-state index in [0.717, 1.165) is 0 Å². The molecule has 16 aromatic carbocycles. The van der Waals surface area contributed by atoms with Crippen molar-refractivity contribution >= 4 is 43.1 Å². The highest BCUT2D eigenvalue weighted by Crippen LogP contribution is 2.50. The van der Waals surface area contributed by atoms with Gasteiger partial charge in [0.2, 0.25) is 0 Å². The smallest absolute Gasteiger partial charge is 0.0158 e. The second kappa shape index (κ2) is 58.4. The summed E-state index contributed by atoms with van der Waals surface area (Å²) in [6.07, 6.45) is 0. The van der Waals surface area contributed by atoms with Gasteiger partial charge in [0, 0.05) is 16.2 Å². The molecule has 0 spiro atoms. The van der Waals surface area contributed by atoms with Gasteiger partial charge in [0.15, 0.2) is 0 Å². The van der Waals surface area contributed by atoms with Crippen LogP contribution >= 0.6 is 0 Å². The molecule has 0 saturated heterocycles. The maximum Gasteiger partial charge on any atom is 0.0158 e. The predicted octanol–water partition coefficient (Wildman–Crippen LogP) is 35.9. The van der Waals surface area contributed by atoms with E-state index in [-0.39, 0.29) is 16.2 Å². The lowest BCUT2D eigenvalue weighted by Gasteiger charge is -2.20. The number of rotatable bonds is 0. The molecule has 19 rings (SSSR count). The van der Waals surface area contributed by atoms with Crippen LogP contribution in [-0.2, 0) is 16.2 Å². The van der Waals surface area contributed by atoms with Crippen molar-refractivity contribution < 1.29 is 0 Å². The largest absolute Gasteiger partial charge is 0.0683 e. The Morgan fingerprint density at radius 3 is 0.374 bits per heavy atom. The van der Waals surface area contributed by atoms with E-state index in [1.165, 1.54) is 110 Å². The molecule has 0 fully saturated rings. The lowest BCUT2D eigenvalue weighted by Crippen LogP contribution is -2.14. The van der Waals surface area contributed by atoms with Crippen molar-refractivity contribution in [3.63, 3.8) is 0 Å². The van der Waals surface area contributed by atoms with Gasteiger partial charge in [0.25, 0.3) is 0 Å². The molecular weight excluding hydrogens is 1380 g/mol. The van der Waals surface area contributed by atoms with Crippen molar-refractivity contribution in [1.82, 2.24) is 0 Å². The molecule has 0 N–H and O–H groups in total. The lowest BCUT2D eigenvalue weighted by molar-refractivity contribution is 0.660. The summed E-state index contributed by atoms with van der Waals surface area (Å²) in [4.78, 5) is 0. The van der Waals surface area contributed by atoms with Gasteiger partial charge in [-0.1, -0.05) is 579 Å². The van der Waals surface area contributed by atoms with E-state index in [2.05, 4.69) is 345 Å². The van der Waals surface area contributed by atoms with E-state index < -0.39 is 0 Å². The first kappa shape index (κ1) is 99.6. The zero-order valence-electron chi connectivity index (χ0n) is 74.8. The molecule has 16 aromatic rings. The predicted molar refractivity (Wildman–Crippen MR) is 523 cm³/mol. The van der Waals surface area contributed by atoms with Crippen molar-refractivity contribution in [1.29, 1.82) is 0 Å². The van der Waals surface area contributed by atoms with Crippen molar-refractivity contribution in [3.05, 3.63) is 446 Å². The van der Waals surface area contributed by atoms with Crippen LogP contribution < -0.4 is 0 Å². The Morgan fingerprint density at radius 2 is 0.226 bits per heavy atom. The topological polar surface area (TPSA) is 0 Å². The highest BCUT2D eigenvalue weighted by molar-refractivity contribution is 6.07. The van der Waals surface area contributed by atoms with E-state index in [1.807, 2.05) is 234 Å². The third-order valence-electron chi connectivity index (χ3n) is 18.4. The fourth-order valence-corrected chi connectivity index (χ4v) is 13.4. The fourth-order valence-electron chi connectivity index (χ4n) is 13.4. The van der Waals surface area contributed by atoms with Gasteiger partial charge in [-0.15, -0.1) is 0 Å². The average molecular weight is 1520 g/mol. The summed E-state index contributed by atoms with van der Waals surface area (Å²) >= 11 is 0. The van der Waals surface area contributed by atoms with Gasteiger partial charge in [0.05, 0.1) is 0 Å². The van der Waals surface area contributed by atoms with Crippen LogP contribution in [0.1, 0.15) is 200 Å². The van der Waals surface area contributed by atoms with Crippen LogP contribution in [0.15, 0.2) is 413 Å². The molecule has 0 nitrogen and oxygen atoms in total. The van der Waals surface area contributed by atoms with Crippen LogP contribution in [0.4, 0.5) is 0 Å². The van der Waals surface area contributed by atoms with Crippen molar-refractivity contribution in [2.45, 2.75) is 182 Å². The highest BCUT2D eigenvalue weighted by Gasteiger charge is 2.36. The van der Waals surface area contributed by atoms with Gasteiger partial charge in [-0.2, -0.15) is 0 Å². The summed E-state index contributed by atoms with van der Waals surface area (Å²) in [5.41, 5.74) is 17.6. The van der Waals surface area contributed by atoms with Crippen LogP contribution in [0, 0.1) is 0 Å². The van der Waals surface area contributed by atoms with Gasteiger partial charge in [-0.05, 0) is 110 Å². The first-order valence-corrected chi connectivity index (χ1v) is 42.8. The van der Waals surface area contributed by atoms with Crippen LogP contribution in [0.3, 0.4) is 0 Å². The number of hydrogen-bond donors (Lipinski definition) is 0. The Labute approximate surface area is 700 Å². The number of fused-ring (bicyclic) bond motifs is 14. The van der Waals surface area contributed by atoms with Crippen LogP contribution in [-0.4, -0.2) is 0 Å². The van der Waals surface area contributed by atoms with E-state index in [9.17, 15) is 0 Å². The molecule has 0 saturated carbocycles. The minimum Gasteiger partial charge on any atom is -0.0683 e. The summed E-state index contributed by atoms with van der Waals surface area (Å²) in [7, 11) is 0. The Hall–Kier alpha value is -11.4. The van der Waals surface area contributed by atoms with Gasteiger partial charge >= 0.3 is 0 Å². The van der Waals surface area contributed by atoms with Crippen molar-refractivity contribution in [2.75, 3.05) is 0 Å². The summed E-state index contributed by atoms with van der Waals surface area (Å²) in [5, 5.41) is 10.5. The van der Waals surface area contributed by atoms with E-state index in [1.54, 1.807) is 0 Å². The molecule has 3 aliphatic rings. The Bertz CT molecular complexity index is 4290. The van der Waals surface area contributed by atoms with Gasteiger partial charge < -0.3 is 0 Å². The minimum absolute atomic E-state index is 0.160. The summed E-state index contributed by atoms with van der Waals surface area (Å²) in [6.45, 7) is 49.8. The zero-order valence-corrected chi connectivity index (χ0v) is 74.8. The Kier molecular flexibility index (Phi) is 50.6. The summed E-state index contributed by atoms with van der Waals surface area (Å²) in [6, 6.07) is 143. The van der Waals surface area contributed by atoms with Gasteiger partial charge in [-0.25, -0.2) is 0 Å². The molecule has 0 amide bonds. The van der Waals surface area contributed by atoms with Gasteiger partial charge in [0.1, 0.15) is 0 Å². The molecular formula is C115H140. The van der Waals surface area contributed by atoms with Crippen molar-refractivity contribution in [3.8, 4) is 33.4 Å². The normalized spacial score (nSPS) is 11.0. The third kappa shape index (κ3) is 29.5. The average Bonchev–Trinajstić information content (AvgIpc) is 1.61. The molecule has 115 heavy (non-hydrogen) atoms. The Balaban J connectivity index is 0.000000434.